The first-order valence-electron chi connectivity index (χ1n) is 5.59. The molecule has 1 aromatic carbocycles. The number of benzene rings is 1. The zero-order valence-electron chi connectivity index (χ0n) is 9.30. The van der Waals surface area contributed by atoms with E-state index in [9.17, 15) is 4.79 Å². The summed E-state index contributed by atoms with van der Waals surface area (Å²) in [7, 11) is 0. The second-order valence-electron chi connectivity index (χ2n) is 4.18. The molecule has 1 aromatic rings. The van der Waals surface area contributed by atoms with E-state index < -0.39 is 0 Å². The van der Waals surface area contributed by atoms with Gasteiger partial charge in [0.2, 0.25) is 5.91 Å². The summed E-state index contributed by atoms with van der Waals surface area (Å²) in [6, 6.07) is 6.15. The minimum Gasteiger partial charge on any atom is -0.352 e. The van der Waals surface area contributed by atoms with Crippen molar-refractivity contribution >= 4 is 33.4 Å². The summed E-state index contributed by atoms with van der Waals surface area (Å²) in [5.74, 6) is 0.0562. The first kappa shape index (κ1) is 12.9. The number of amides is 1. The molecule has 0 radical (unpaired) electrons. The smallest absolute Gasteiger partial charge is 0.234 e. The Morgan fingerprint density at radius 1 is 1.47 bits per heavy atom. The van der Waals surface area contributed by atoms with Crippen molar-refractivity contribution in [3.8, 4) is 0 Å². The number of carbonyl (C=O) groups is 1. The molecular formula is C12H14BrClN2O. The molecule has 1 amide bonds. The zero-order valence-corrected chi connectivity index (χ0v) is 11.6. The van der Waals surface area contributed by atoms with Crippen molar-refractivity contribution in [2.24, 2.45) is 0 Å². The fraction of sp³-hybridized carbons (Fsp3) is 0.417. The second kappa shape index (κ2) is 5.85. The molecule has 0 aliphatic heterocycles. The average molecular weight is 318 g/mol. The Bertz CT molecular complexity index is 421. The molecule has 0 spiro atoms. The van der Waals surface area contributed by atoms with Crippen LogP contribution in [-0.4, -0.2) is 18.5 Å². The molecule has 1 aliphatic carbocycles. The van der Waals surface area contributed by atoms with Gasteiger partial charge in [0.25, 0.3) is 0 Å². The van der Waals surface area contributed by atoms with E-state index in [1.165, 1.54) is 0 Å². The Hall–Kier alpha value is -0.580. The Balaban J connectivity index is 1.75. The van der Waals surface area contributed by atoms with Crippen molar-refractivity contribution in [1.82, 2.24) is 10.6 Å². The van der Waals surface area contributed by atoms with Gasteiger partial charge in [-0.3, -0.25) is 4.79 Å². The molecule has 0 aromatic heterocycles. The number of hydrogen-bond acceptors (Lipinski definition) is 2. The third kappa shape index (κ3) is 4.30. The molecule has 1 aliphatic rings. The van der Waals surface area contributed by atoms with Gasteiger partial charge in [0.1, 0.15) is 0 Å². The minimum atomic E-state index is 0.0562. The molecule has 0 heterocycles. The third-order valence-electron chi connectivity index (χ3n) is 2.56. The van der Waals surface area contributed by atoms with Crippen LogP contribution in [0.4, 0.5) is 0 Å². The Labute approximate surface area is 114 Å². The lowest BCUT2D eigenvalue weighted by Crippen LogP contribution is -2.34. The number of halogens is 2. The molecule has 0 unspecified atom stereocenters. The maximum absolute atomic E-state index is 11.4. The first-order valence-corrected chi connectivity index (χ1v) is 6.76. The van der Waals surface area contributed by atoms with Gasteiger partial charge < -0.3 is 10.6 Å². The monoisotopic (exact) mass is 316 g/mol. The van der Waals surface area contributed by atoms with Crippen LogP contribution in [0.1, 0.15) is 18.4 Å². The van der Waals surface area contributed by atoms with Crippen LogP contribution in [0.15, 0.2) is 22.7 Å². The number of hydrogen-bond donors (Lipinski definition) is 2. The summed E-state index contributed by atoms with van der Waals surface area (Å²) in [5, 5.41) is 6.71. The van der Waals surface area contributed by atoms with Crippen LogP contribution in [0, 0.1) is 0 Å². The van der Waals surface area contributed by atoms with Crippen LogP contribution in [0.2, 0.25) is 5.02 Å². The van der Waals surface area contributed by atoms with Gasteiger partial charge in [-0.15, -0.1) is 0 Å². The van der Waals surface area contributed by atoms with Crippen molar-refractivity contribution in [2.45, 2.75) is 25.4 Å². The number of carbonyl (C=O) groups excluding carboxylic acids is 1. The third-order valence-corrected chi connectivity index (χ3v) is 3.40. The first-order chi connectivity index (χ1) is 8.15. The summed E-state index contributed by atoms with van der Waals surface area (Å²) in [5.41, 5.74) is 0.995. The molecule has 5 heteroatoms. The van der Waals surface area contributed by atoms with E-state index in [-0.39, 0.29) is 5.91 Å². The van der Waals surface area contributed by atoms with Crippen molar-refractivity contribution < 1.29 is 4.79 Å². The topological polar surface area (TPSA) is 41.1 Å². The number of nitrogens with one attached hydrogen (secondary N) is 2. The standard InChI is InChI=1S/C12H14BrClN2O/c13-9-2-1-8(11(14)5-9)6-15-7-12(17)16-10-3-4-10/h1-2,5,10,15H,3-4,6-7H2,(H,16,17). The van der Waals surface area contributed by atoms with Crippen molar-refractivity contribution in [1.29, 1.82) is 0 Å². The van der Waals surface area contributed by atoms with E-state index in [1.807, 2.05) is 18.2 Å². The quantitative estimate of drug-likeness (QED) is 0.876. The molecule has 0 atom stereocenters. The number of rotatable bonds is 5. The second-order valence-corrected chi connectivity index (χ2v) is 5.50. The van der Waals surface area contributed by atoms with E-state index in [0.717, 1.165) is 22.9 Å². The largest absolute Gasteiger partial charge is 0.352 e. The lowest BCUT2D eigenvalue weighted by molar-refractivity contribution is -0.120. The lowest BCUT2D eigenvalue weighted by atomic mass is 10.2. The van der Waals surface area contributed by atoms with Crippen LogP contribution in [0.25, 0.3) is 0 Å². The Morgan fingerprint density at radius 3 is 2.88 bits per heavy atom. The summed E-state index contributed by atoms with van der Waals surface area (Å²) in [4.78, 5) is 11.4. The average Bonchev–Trinajstić information content (AvgIpc) is 3.05. The molecule has 92 valence electrons. The highest BCUT2D eigenvalue weighted by atomic mass is 79.9. The normalized spacial score (nSPS) is 14.7. The van der Waals surface area contributed by atoms with Gasteiger partial charge >= 0.3 is 0 Å². The van der Waals surface area contributed by atoms with Gasteiger partial charge in [0.15, 0.2) is 0 Å². The van der Waals surface area contributed by atoms with Gasteiger partial charge in [-0.05, 0) is 30.5 Å². The summed E-state index contributed by atoms with van der Waals surface area (Å²) < 4.78 is 0.956. The van der Waals surface area contributed by atoms with Crippen molar-refractivity contribution in [3.05, 3.63) is 33.3 Å². The van der Waals surface area contributed by atoms with Gasteiger partial charge in [-0.1, -0.05) is 33.6 Å². The zero-order chi connectivity index (χ0) is 12.3. The lowest BCUT2D eigenvalue weighted by Gasteiger charge is -2.07. The van der Waals surface area contributed by atoms with Crippen LogP contribution in [0.3, 0.4) is 0 Å². The van der Waals surface area contributed by atoms with E-state index in [1.54, 1.807) is 0 Å². The molecule has 2 N–H and O–H groups in total. The fourth-order valence-electron chi connectivity index (χ4n) is 1.48. The summed E-state index contributed by atoms with van der Waals surface area (Å²) in [6.45, 7) is 0.938. The summed E-state index contributed by atoms with van der Waals surface area (Å²) in [6.07, 6.45) is 2.23. The van der Waals surface area contributed by atoms with E-state index in [0.29, 0.717) is 24.2 Å². The van der Waals surface area contributed by atoms with Crippen LogP contribution >= 0.6 is 27.5 Å². The molecule has 0 saturated heterocycles. The molecule has 2 rings (SSSR count). The van der Waals surface area contributed by atoms with Gasteiger partial charge in [-0.2, -0.15) is 0 Å². The molecular weight excluding hydrogens is 304 g/mol. The molecule has 17 heavy (non-hydrogen) atoms. The molecule has 1 saturated carbocycles. The predicted molar refractivity (Wildman–Crippen MR) is 72.0 cm³/mol. The minimum absolute atomic E-state index is 0.0562. The van der Waals surface area contributed by atoms with E-state index in [4.69, 9.17) is 11.6 Å². The Morgan fingerprint density at radius 2 is 2.24 bits per heavy atom. The van der Waals surface area contributed by atoms with E-state index >= 15 is 0 Å². The van der Waals surface area contributed by atoms with Crippen molar-refractivity contribution in [3.63, 3.8) is 0 Å². The maximum atomic E-state index is 11.4. The fourth-order valence-corrected chi connectivity index (χ4v) is 2.22. The molecule has 3 nitrogen and oxygen atoms in total. The van der Waals surface area contributed by atoms with Gasteiger partial charge in [0.05, 0.1) is 6.54 Å². The SMILES string of the molecule is O=C(CNCc1ccc(Br)cc1Cl)NC1CC1. The highest BCUT2D eigenvalue weighted by Gasteiger charge is 2.22. The summed E-state index contributed by atoms with van der Waals surface area (Å²) >= 11 is 9.42. The van der Waals surface area contributed by atoms with Crippen LogP contribution in [-0.2, 0) is 11.3 Å². The van der Waals surface area contributed by atoms with Crippen LogP contribution < -0.4 is 10.6 Å². The Kier molecular flexibility index (Phi) is 4.42. The highest BCUT2D eigenvalue weighted by molar-refractivity contribution is 9.10. The maximum Gasteiger partial charge on any atom is 0.234 e. The van der Waals surface area contributed by atoms with Gasteiger partial charge in [-0.25, -0.2) is 0 Å². The molecule has 1 fully saturated rings. The van der Waals surface area contributed by atoms with Crippen LogP contribution in [0.5, 0.6) is 0 Å². The van der Waals surface area contributed by atoms with E-state index in [2.05, 4.69) is 26.6 Å². The predicted octanol–water partition coefficient (Wildman–Crippen LogP) is 2.47. The molecule has 0 bridgehead atoms. The van der Waals surface area contributed by atoms with Crippen molar-refractivity contribution in [2.75, 3.05) is 6.54 Å². The highest BCUT2D eigenvalue weighted by Crippen LogP contribution is 2.21. The van der Waals surface area contributed by atoms with Gasteiger partial charge in [0, 0.05) is 22.1 Å².